The summed E-state index contributed by atoms with van der Waals surface area (Å²) < 4.78 is 0. The second-order valence-corrected chi connectivity index (χ2v) is 8.93. The molecule has 1 atom stereocenters. The van der Waals surface area contributed by atoms with Crippen molar-refractivity contribution < 1.29 is 9.59 Å². The van der Waals surface area contributed by atoms with E-state index in [4.69, 9.17) is 6.42 Å². The zero-order chi connectivity index (χ0) is 22.6. The number of piperidine rings is 1. The molecule has 1 aromatic rings. The van der Waals surface area contributed by atoms with E-state index < -0.39 is 0 Å². The number of urea groups is 1. The minimum atomic E-state index is 0.00106. The summed E-state index contributed by atoms with van der Waals surface area (Å²) in [6, 6.07) is 1.98. The lowest BCUT2D eigenvalue weighted by Gasteiger charge is -2.33. The van der Waals surface area contributed by atoms with E-state index in [1.54, 1.807) is 18.3 Å². The third kappa shape index (κ3) is 4.77. The van der Waals surface area contributed by atoms with Gasteiger partial charge in [-0.2, -0.15) is 0 Å². The molecule has 2 aliphatic heterocycles. The standard InChI is InChI=1S/C26H30N4O2/c1-3-20(4-2)7-5-6-8-24(31)29-13-10-26(11-14-29)15-23(26)17-28-25(32)30-18-21-9-12-27-16-22(21)19-30/h1,4-7,9,12,16,23H,2,8,10-11,13-15,17-19H2,(H,28,32)/b6-5+,20-7-. The van der Waals surface area contributed by atoms with Crippen molar-refractivity contribution in [1.29, 1.82) is 0 Å². The lowest BCUT2D eigenvalue weighted by molar-refractivity contribution is -0.131. The van der Waals surface area contributed by atoms with E-state index in [-0.39, 0.29) is 11.9 Å². The monoisotopic (exact) mass is 430 g/mol. The zero-order valence-electron chi connectivity index (χ0n) is 18.4. The van der Waals surface area contributed by atoms with Gasteiger partial charge in [0.15, 0.2) is 0 Å². The van der Waals surface area contributed by atoms with Crippen LogP contribution in [0.25, 0.3) is 0 Å². The first-order valence-corrected chi connectivity index (χ1v) is 11.2. The normalized spacial score (nSPS) is 21.3. The molecule has 2 fully saturated rings. The molecule has 1 aliphatic carbocycles. The first-order chi connectivity index (χ1) is 15.5. The first-order valence-electron chi connectivity index (χ1n) is 11.2. The third-order valence-electron chi connectivity index (χ3n) is 7.08. The second kappa shape index (κ2) is 9.44. The van der Waals surface area contributed by atoms with Crippen LogP contribution in [0.15, 0.2) is 54.9 Å². The summed E-state index contributed by atoms with van der Waals surface area (Å²) in [6.07, 6.45) is 19.6. The summed E-state index contributed by atoms with van der Waals surface area (Å²) in [6.45, 7) is 7.23. The molecule has 0 radical (unpaired) electrons. The highest BCUT2D eigenvalue weighted by Gasteiger charge is 2.54. The quantitative estimate of drug-likeness (QED) is 0.556. The summed E-state index contributed by atoms with van der Waals surface area (Å²) >= 11 is 0. The van der Waals surface area contributed by atoms with Crippen molar-refractivity contribution in [3.8, 4) is 12.3 Å². The number of allylic oxidation sites excluding steroid dienone is 4. The van der Waals surface area contributed by atoms with Crippen LogP contribution in [0.3, 0.4) is 0 Å². The Kier molecular flexibility index (Phi) is 6.45. The number of fused-ring (bicyclic) bond motifs is 1. The molecule has 32 heavy (non-hydrogen) atoms. The van der Waals surface area contributed by atoms with Gasteiger partial charge in [0.2, 0.25) is 5.91 Å². The second-order valence-electron chi connectivity index (χ2n) is 8.93. The fourth-order valence-corrected chi connectivity index (χ4v) is 4.86. The van der Waals surface area contributed by atoms with Gasteiger partial charge in [0, 0.05) is 57.1 Å². The highest BCUT2D eigenvalue weighted by molar-refractivity contribution is 5.78. The topological polar surface area (TPSA) is 65.5 Å². The Morgan fingerprint density at radius 3 is 2.78 bits per heavy atom. The Balaban J connectivity index is 1.17. The molecule has 3 heterocycles. The average molecular weight is 431 g/mol. The van der Waals surface area contributed by atoms with Gasteiger partial charge in [-0.25, -0.2) is 4.79 Å². The van der Waals surface area contributed by atoms with E-state index in [2.05, 4.69) is 22.8 Å². The lowest BCUT2D eigenvalue weighted by Crippen LogP contribution is -2.41. The molecule has 1 saturated carbocycles. The minimum Gasteiger partial charge on any atom is -0.342 e. The highest BCUT2D eigenvalue weighted by Crippen LogP contribution is 2.59. The van der Waals surface area contributed by atoms with Gasteiger partial charge in [0.25, 0.3) is 0 Å². The van der Waals surface area contributed by atoms with Crippen LogP contribution in [0, 0.1) is 23.7 Å². The molecular weight excluding hydrogens is 400 g/mol. The number of hydrogen-bond acceptors (Lipinski definition) is 3. The van der Waals surface area contributed by atoms with Gasteiger partial charge in [0.05, 0.1) is 0 Å². The number of amides is 3. The molecule has 3 amide bonds. The molecule has 6 nitrogen and oxygen atoms in total. The fraction of sp³-hybridized carbons (Fsp3) is 0.423. The fourth-order valence-electron chi connectivity index (χ4n) is 4.86. The van der Waals surface area contributed by atoms with Crippen LogP contribution in [0.2, 0.25) is 0 Å². The zero-order valence-corrected chi connectivity index (χ0v) is 18.4. The van der Waals surface area contributed by atoms with Crippen LogP contribution in [-0.4, -0.2) is 46.4 Å². The molecule has 1 unspecified atom stereocenters. The number of nitrogens with zero attached hydrogens (tertiary/aromatic N) is 3. The molecule has 0 bridgehead atoms. The lowest BCUT2D eigenvalue weighted by atomic mass is 9.90. The molecule has 1 aromatic heterocycles. The molecule has 3 aliphatic rings. The van der Waals surface area contributed by atoms with E-state index in [9.17, 15) is 9.59 Å². The first kappa shape index (κ1) is 21.9. The third-order valence-corrected chi connectivity index (χ3v) is 7.08. The van der Waals surface area contributed by atoms with Crippen LogP contribution in [0.5, 0.6) is 0 Å². The SMILES string of the molecule is C#C/C(C=C)=C/C=C/CC(=O)N1CCC2(CC1)CC2CNC(=O)N1Cc2ccncc2C1. The van der Waals surface area contributed by atoms with Crippen molar-refractivity contribution in [2.45, 2.75) is 38.8 Å². The predicted molar refractivity (Wildman–Crippen MR) is 124 cm³/mol. The van der Waals surface area contributed by atoms with Crippen LogP contribution >= 0.6 is 0 Å². The molecular formula is C26H30N4O2. The number of carbonyl (C=O) groups is 2. The van der Waals surface area contributed by atoms with Crippen molar-refractivity contribution in [1.82, 2.24) is 20.1 Å². The van der Waals surface area contributed by atoms with E-state index in [0.717, 1.165) is 37.9 Å². The molecule has 166 valence electrons. The van der Waals surface area contributed by atoms with Gasteiger partial charge < -0.3 is 15.1 Å². The number of aromatic nitrogens is 1. The molecule has 4 rings (SSSR count). The summed E-state index contributed by atoms with van der Waals surface area (Å²) in [5.74, 6) is 3.19. The van der Waals surface area contributed by atoms with Crippen LogP contribution < -0.4 is 5.32 Å². The maximum Gasteiger partial charge on any atom is 0.318 e. The van der Waals surface area contributed by atoms with Crippen molar-refractivity contribution in [3.63, 3.8) is 0 Å². The number of hydrogen-bond donors (Lipinski definition) is 1. The molecule has 0 aromatic carbocycles. The number of terminal acetylenes is 1. The number of nitrogens with one attached hydrogen (secondary N) is 1. The average Bonchev–Trinajstić information content (AvgIpc) is 3.28. The van der Waals surface area contributed by atoms with Crippen LogP contribution in [-0.2, 0) is 17.9 Å². The van der Waals surface area contributed by atoms with Crippen molar-refractivity contribution in [2.24, 2.45) is 11.3 Å². The Bertz CT molecular complexity index is 970. The van der Waals surface area contributed by atoms with Crippen molar-refractivity contribution >= 4 is 11.9 Å². The Morgan fingerprint density at radius 2 is 2.06 bits per heavy atom. The summed E-state index contributed by atoms with van der Waals surface area (Å²) in [7, 11) is 0. The van der Waals surface area contributed by atoms with E-state index in [1.807, 2.05) is 34.2 Å². The van der Waals surface area contributed by atoms with E-state index in [1.165, 1.54) is 5.56 Å². The Labute approximate surface area is 190 Å². The van der Waals surface area contributed by atoms with Crippen LogP contribution in [0.1, 0.15) is 36.8 Å². The summed E-state index contributed by atoms with van der Waals surface area (Å²) in [5.41, 5.74) is 3.31. The maximum atomic E-state index is 12.6. The molecule has 6 heteroatoms. The van der Waals surface area contributed by atoms with Crippen molar-refractivity contribution in [2.75, 3.05) is 19.6 Å². The molecule has 1 N–H and O–H groups in total. The maximum absolute atomic E-state index is 12.6. The summed E-state index contributed by atoms with van der Waals surface area (Å²) in [5, 5.41) is 3.13. The van der Waals surface area contributed by atoms with Gasteiger partial charge >= 0.3 is 6.03 Å². The number of pyridine rings is 1. The van der Waals surface area contributed by atoms with E-state index in [0.29, 0.717) is 43.0 Å². The van der Waals surface area contributed by atoms with Crippen LogP contribution in [0.4, 0.5) is 4.79 Å². The molecule has 1 spiro atoms. The molecule has 1 saturated heterocycles. The van der Waals surface area contributed by atoms with Gasteiger partial charge in [-0.15, -0.1) is 6.42 Å². The minimum absolute atomic E-state index is 0.00106. The Morgan fingerprint density at radius 1 is 1.28 bits per heavy atom. The predicted octanol–water partition coefficient (Wildman–Crippen LogP) is 3.43. The largest absolute Gasteiger partial charge is 0.342 e. The number of rotatable bonds is 6. The highest BCUT2D eigenvalue weighted by atomic mass is 16.2. The smallest absolute Gasteiger partial charge is 0.318 e. The van der Waals surface area contributed by atoms with Gasteiger partial charge in [-0.1, -0.05) is 30.7 Å². The van der Waals surface area contributed by atoms with Gasteiger partial charge in [-0.3, -0.25) is 9.78 Å². The number of likely N-dealkylation sites (tertiary alicyclic amines) is 1. The van der Waals surface area contributed by atoms with Crippen molar-refractivity contribution in [3.05, 3.63) is 66.0 Å². The Hall–Kier alpha value is -3.33. The summed E-state index contributed by atoms with van der Waals surface area (Å²) in [4.78, 5) is 33.0. The number of carbonyl (C=O) groups excluding carboxylic acids is 2. The van der Waals surface area contributed by atoms with E-state index >= 15 is 0 Å². The van der Waals surface area contributed by atoms with Gasteiger partial charge in [0.1, 0.15) is 0 Å². The van der Waals surface area contributed by atoms with Gasteiger partial charge in [-0.05, 0) is 53.9 Å².